The highest BCUT2D eigenvalue weighted by atomic mass is 19.4. The molecular weight excluding hydrogens is 323 g/mol. The molecule has 0 N–H and O–H groups in total. The smallest absolute Gasteiger partial charge is 0.460 e. The van der Waals surface area contributed by atoms with Gasteiger partial charge in [0.15, 0.2) is 0 Å². The zero-order valence-electron chi connectivity index (χ0n) is 10.3. The number of ether oxygens (including phenoxy) is 1. The lowest BCUT2D eigenvalue weighted by Crippen LogP contribution is -2.61. The van der Waals surface area contributed by atoms with E-state index in [1.165, 1.54) is 6.92 Å². The van der Waals surface area contributed by atoms with Gasteiger partial charge in [-0.05, 0) is 6.42 Å². The first-order valence-corrected chi connectivity index (χ1v) is 5.21. The molecule has 0 spiro atoms. The van der Waals surface area contributed by atoms with E-state index in [0.717, 1.165) is 0 Å². The SMILES string of the molecule is C=C(C(=O)OCCC)C(F)(F)C(F)(F)C(F)(F)C(F)(F)F. The van der Waals surface area contributed by atoms with Crippen molar-refractivity contribution < 1.29 is 49.0 Å². The zero-order chi connectivity index (χ0) is 17.3. The van der Waals surface area contributed by atoms with Crippen molar-refractivity contribution in [2.24, 2.45) is 0 Å². The fourth-order valence-electron chi connectivity index (χ4n) is 0.975. The van der Waals surface area contributed by atoms with Crippen molar-refractivity contribution >= 4 is 5.97 Å². The van der Waals surface area contributed by atoms with Crippen LogP contribution >= 0.6 is 0 Å². The third kappa shape index (κ3) is 3.26. The molecule has 0 atom stereocenters. The molecule has 11 heteroatoms. The van der Waals surface area contributed by atoms with Crippen LogP contribution in [0.3, 0.4) is 0 Å². The van der Waals surface area contributed by atoms with Gasteiger partial charge in [0, 0.05) is 0 Å². The molecule has 0 saturated carbocycles. The lowest BCUT2D eigenvalue weighted by atomic mass is 9.98. The number of alkyl halides is 9. The second-order valence-corrected chi connectivity index (χ2v) is 3.84. The molecule has 0 saturated heterocycles. The van der Waals surface area contributed by atoms with E-state index in [1.54, 1.807) is 0 Å². The maximum atomic E-state index is 13.2. The topological polar surface area (TPSA) is 26.3 Å². The van der Waals surface area contributed by atoms with E-state index in [2.05, 4.69) is 11.3 Å². The normalized spacial score (nSPS) is 14.0. The first kappa shape index (κ1) is 19.6. The summed E-state index contributed by atoms with van der Waals surface area (Å²) in [5, 5.41) is 0. The van der Waals surface area contributed by atoms with Gasteiger partial charge in [0.1, 0.15) is 5.57 Å². The van der Waals surface area contributed by atoms with Crippen LogP contribution in [0.4, 0.5) is 39.5 Å². The Balaban J connectivity index is 5.58. The average Bonchev–Trinajstić information content (AvgIpc) is 2.32. The highest BCUT2D eigenvalue weighted by molar-refractivity contribution is 5.89. The minimum atomic E-state index is -7.07. The fraction of sp³-hybridized carbons (Fsp3) is 0.700. The Labute approximate surface area is 112 Å². The van der Waals surface area contributed by atoms with Crippen LogP contribution in [-0.2, 0) is 9.53 Å². The largest absolute Gasteiger partial charge is 0.462 e. The molecule has 0 aliphatic rings. The quantitative estimate of drug-likeness (QED) is 0.418. The molecule has 0 aromatic heterocycles. The number of halogens is 9. The van der Waals surface area contributed by atoms with Crippen LogP contribution in [0.1, 0.15) is 13.3 Å². The van der Waals surface area contributed by atoms with Crippen LogP contribution in [0, 0.1) is 0 Å². The Kier molecular flexibility index (Phi) is 5.37. The van der Waals surface area contributed by atoms with Crippen LogP contribution in [0.15, 0.2) is 12.2 Å². The molecule has 124 valence electrons. The van der Waals surface area contributed by atoms with Gasteiger partial charge in [-0.1, -0.05) is 13.5 Å². The Hall–Kier alpha value is -1.42. The van der Waals surface area contributed by atoms with Crippen LogP contribution in [-0.4, -0.2) is 36.5 Å². The second-order valence-electron chi connectivity index (χ2n) is 3.84. The van der Waals surface area contributed by atoms with Gasteiger partial charge in [-0.15, -0.1) is 0 Å². The van der Waals surface area contributed by atoms with Gasteiger partial charge in [0.25, 0.3) is 0 Å². The molecule has 2 nitrogen and oxygen atoms in total. The molecule has 0 bridgehead atoms. The first-order chi connectivity index (χ1) is 9.14. The highest BCUT2D eigenvalue weighted by Gasteiger charge is 2.82. The molecule has 0 unspecified atom stereocenters. The van der Waals surface area contributed by atoms with Gasteiger partial charge in [0.2, 0.25) is 0 Å². The van der Waals surface area contributed by atoms with Gasteiger partial charge in [-0.25, -0.2) is 4.79 Å². The van der Waals surface area contributed by atoms with Crippen LogP contribution < -0.4 is 0 Å². The van der Waals surface area contributed by atoms with Crippen molar-refractivity contribution in [3.05, 3.63) is 12.2 Å². The monoisotopic (exact) mass is 332 g/mol. The maximum Gasteiger partial charge on any atom is 0.460 e. The van der Waals surface area contributed by atoms with E-state index in [9.17, 15) is 44.3 Å². The van der Waals surface area contributed by atoms with Crippen LogP contribution in [0.5, 0.6) is 0 Å². The Bertz CT molecular complexity index is 411. The minimum Gasteiger partial charge on any atom is -0.462 e. The van der Waals surface area contributed by atoms with E-state index < -0.39 is 42.1 Å². The standard InChI is InChI=1S/C10H9F9O2/c1-3-4-21-6(20)5(2)7(11,12)8(13,14)9(15,16)10(17,18)19/h2-4H2,1H3. The third-order valence-corrected chi connectivity index (χ3v) is 2.21. The molecule has 0 rings (SSSR count). The summed E-state index contributed by atoms with van der Waals surface area (Å²) in [6.45, 7) is 2.99. The van der Waals surface area contributed by atoms with Gasteiger partial charge < -0.3 is 4.74 Å². The molecule has 0 aliphatic heterocycles. The summed E-state index contributed by atoms with van der Waals surface area (Å²) >= 11 is 0. The fourth-order valence-corrected chi connectivity index (χ4v) is 0.975. The predicted molar refractivity (Wildman–Crippen MR) is 51.3 cm³/mol. The molecule has 21 heavy (non-hydrogen) atoms. The van der Waals surface area contributed by atoms with Gasteiger partial charge in [0.05, 0.1) is 6.61 Å². The Morgan fingerprint density at radius 3 is 1.71 bits per heavy atom. The Morgan fingerprint density at radius 1 is 0.952 bits per heavy atom. The van der Waals surface area contributed by atoms with E-state index in [1.807, 2.05) is 0 Å². The summed E-state index contributed by atoms with van der Waals surface area (Å²) < 4.78 is 117. The van der Waals surface area contributed by atoms with Crippen molar-refractivity contribution in [1.82, 2.24) is 0 Å². The van der Waals surface area contributed by atoms with Gasteiger partial charge in [-0.3, -0.25) is 0 Å². The molecular formula is C10H9F9O2. The van der Waals surface area contributed by atoms with Crippen LogP contribution in [0.25, 0.3) is 0 Å². The number of hydrogen-bond donors (Lipinski definition) is 0. The van der Waals surface area contributed by atoms with Crippen molar-refractivity contribution in [3.8, 4) is 0 Å². The maximum absolute atomic E-state index is 13.2. The van der Waals surface area contributed by atoms with Crippen molar-refractivity contribution in [2.45, 2.75) is 37.3 Å². The lowest BCUT2D eigenvalue weighted by molar-refractivity contribution is -0.389. The number of hydrogen-bond acceptors (Lipinski definition) is 2. The molecule has 0 radical (unpaired) electrons. The Morgan fingerprint density at radius 2 is 1.38 bits per heavy atom. The summed E-state index contributed by atoms with van der Waals surface area (Å²) in [6.07, 6.45) is -6.88. The first-order valence-electron chi connectivity index (χ1n) is 5.21. The van der Waals surface area contributed by atoms with E-state index >= 15 is 0 Å². The summed E-state index contributed by atoms with van der Waals surface area (Å²) in [5.74, 6) is -22.3. The van der Waals surface area contributed by atoms with E-state index in [4.69, 9.17) is 0 Å². The van der Waals surface area contributed by atoms with Gasteiger partial charge in [-0.2, -0.15) is 39.5 Å². The molecule has 0 amide bonds. The van der Waals surface area contributed by atoms with Crippen LogP contribution in [0.2, 0.25) is 0 Å². The molecule has 0 aromatic rings. The molecule has 0 heterocycles. The predicted octanol–water partition coefficient (Wildman–Crippen LogP) is 3.96. The molecule has 0 fully saturated rings. The summed E-state index contributed by atoms with van der Waals surface area (Å²) in [5.41, 5.74) is -2.50. The summed E-state index contributed by atoms with van der Waals surface area (Å²) in [7, 11) is 0. The minimum absolute atomic E-state index is 0.0691. The van der Waals surface area contributed by atoms with E-state index in [0.29, 0.717) is 0 Å². The average molecular weight is 332 g/mol. The zero-order valence-corrected chi connectivity index (χ0v) is 10.3. The highest BCUT2D eigenvalue weighted by Crippen LogP contribution is 2.54. The lowest BCUT2D eigenvalue weighted by Gasteiger charge is -2.33. The van der Waals surface area contributed by atoms with Gasteiger partial charge >= 0.3 is 29.9 Å². The van der Waals surface area contributed by atoms with Crippen molar-refractivity contribution in [3.63, 3.8) is 0 Å². The molecule has 0 aliphatic carbocycles. The van der Waals surface area contributed by atoms with Crippen molar-refractivity contribution in [1.29, 1.82) is 0 Å². The number of carbonyl (C=O) groups excluding carboxylic acids is 1. The third-order valence-electron chi connectivity index (χ3n) is 2.21. The van der Waals surface area contributed by atoms with E-state index in [-0.39, 0.29) is 6.42 Å². The second kappa shape index (κ2) is 5.76. The molecule has 0 aromatic carbocycles. The van der Waals surface area contributed by atoms with Crippen molar-refractivity contribution in [2.75, 3.05) is 6.61 Å². The number of esters is 1. The number of rotatable bonds is 6. The summed E-state index contributed by atoms with van der Waals surface area (Å²) in [6, 6.07) is 0. The summed E-state index contributed by atoms with van der Waals surface area (Å²) in [4.78, 5) is 10.9. The number of carbonyl (C=O) groups is 1.